The number of benzene rings is 2. The first-order valence-electron chi connectivity index (χ1n) is 8.04. The Morgan fingerprint density at radius 2 is 1.92 bits per heavy atom. The summed E-state index contributed by atoms with van der Waals surface area (Å²) in [6, 6.07) is 17.2. The molecule has 2 aromatic carbocycles. The molecule has 26 heavy (non-hydrogen) atoms. The quantitative estimate of drug-likeness (QED) is 0.503. The predicted molar refractivity (Wildman–Crippen MR) is 106 cm³/mol. The second kappa shape index (κ2) is 6.94. The monoisotopic (exact) mass is 382 g/mol. The van der Waals surface area contributed by atoms with Crippen molar-refractivity contribution in [2.45, 2.75) is 6.54 Å². The number of hydrogen-bond acceptors (Lipinski definition) is 4. The van der Waals surface area contributed by atoms with E-state index in [2.05, 4.69) is 10.3 Å². The van der Waals surface area contributed by atoms with Crippen LogP contribution in [-0.2, 0) is 6.54 Å². The number of methoxy groups -OCH3 is 1. The van der Waals surface area contributed by atoms with Crippen molar-refractivity contribution >= 4 is 49.8 Å². The highest BCUT2D eigenvalue weighted by atomic mass is 35.5. The molecule has 130 valence electrons. The molecule has 0 fully saturated rings. The van der Waals surface area contributed by atoms with E-state index < -0.39 is 0 Å². The number of carbonyl (C=O) groups is 1. The third-order valence-electron chi connectivity index (χ3n) is 4.16. The lowest BCUT2D eigenvalue weighted by Crippen LogP contribution is -2.21. The summed E-state index contributed by atoms with van der Waals surface area (Å²) in [5, 5.41) is 5.18. The van der Waals surface area contributed by atoms with Crippen LogP contribution in [0.2, 0.25) is 5.15 Å². The summed E-state index contributed by atoms with van der Waals surface area (Å²) in [7, 11) is 1.63. The summed E-state index contributed by atoms with van der Waals surface area (Å²) in [4.78, 5) is 17.6. The van der Waals surface area contributed by atoms with Crippen molar-refractivity contribution in [3.63, 3.8) is 0 Å². The molecule has 0 aliphatic rings. The topological polar surface area (TPSA) is 51.2 Å². The molecule has 0 radical (unpaired) electrons. The highest BCUT2D eigenvalue weighted by Crippen LogP contribution is 2.35. The van der Waals surface area contributed by atoms with Gasteiger partial charge in [0.1, 0.15) is 10.9 Å². The van der Waals surface area contributed by atoms with Gasteiger partial charge in [-0.3, -0.25) is 4.79 Å². The van der Waals surface area contributed by atoms with Crippen LogP contribution >= 0.6 is 22.9 Å². The zero-order chi connectivity index (χ0) is 18.1. The summed E-state index contributed by atoms with van der Waals surface area (Å²) in [5.41, 5.74) is 1.84. The van der Waals surface area contributed by atoms with Crippen LogP contribution in [0.1, 0.15) is 15.2 Å². The Labute approximate surface area is 159 Å². The fourth-order valence-corrected chi connectivity index (χ4v) is 4.20. The molecule has 0 saturated heterocycles. The number of para-hydroxylation sites is 1. The molecule has 0 spiro atoms. The number of carbonyl (C=O) groups excluding carboxylic acids is 1. The number of thiophene rings is 1. The third kappa shape index (κ3) is 3.11. The van der Waals surface area contributed by atoms with Crippen LogP contribution in [0.5, 0.6) is 5.75 Å². The molecule has 2 aromatic heterocycles. The van der Waals surface area contributed by atoms with Gasteiger partial charge in [-0.05, 0) is 29.8 Å². The molecule has 1 N–H and O–H groups in total. The molecule has 0 aliphatic carbocycles. The van der Waals surface area contributed by atoms with Gasteiger partial charge in [0.15, 0.2) is 0 Å². The summed E-state index contributed by atoms with van der Waals surface area (Å²) >= 11 is 7.74. The first kappa shape index (κ1) is 16.8. The number of fused-ring (bicyclic) bond motifs is 3. The van der Waals surface area contributed by atoms with Gasteiger partial charge in [0.2, 0.25) is 0 Å². The van der Waals surface area contributed by atoms with Gasteiger partial charge in [0.25, 0.3) is 5.91 Å². The molecular weight excluding hydrogens is 368 g/mol. The average molecular weight is 383 g/mol. The van der Waals surface area contributed by atoms with Crippen molar-refractivity contribution < 1.29 is 9.53 Å². The predicted octanol–water partition coefficient (Wildman–Crippen LogP) is 5.04. The van der Waals surface area contributed by atoms with Crippen LogP contribution in [0.4, 0.5) is 0 Å². The van der Waals surface area contributed by atoms with Gasteiger partial charge in [0.05, 0.1) is 17.5 Å². The van der Waals surface area contributed by atoms with E-state index in [0.717, 1.165) is 32.3 Å². The Kier molecular flexibility index (Phi) is 4.49. The van der Waals surface area contributed by atoms with Gasteiger partial charge in [-0.25, -0.2) is 4.98 Å². The number of amides is 1. The molecular formula is C20H15ClN2O2S. The van der Waals surface area contributed by atoms with E-state index in [1.165, 1.54) is 11.3 Å². The maximum Gasteiger partial charge on any atom is 0.261 e. The fraction of sp³-hybridized carbons (Fsp3) is 0.100. The molecule has 2 heterocycles. The minimum Gasteiger partial charge on any atom is -0.497 e. The Balaban J connectivity index is 1.60. The van der Waals surface area contributed by atoms with Crippen molar-refractivity contribution in [2.24, 2.45) is 0 Å². The first-order valence-corrected chi connectivity index (χ1v) is 9.24. The van der Waals surface area contributed by atoms with E-state index in [1.807, 2.05) is 54.6 Å². The first-order chi connectivity index (χ1) is 12.7. The van der Waals surface area contributed by atoms with Crippen LogP contribution in [0.15, 0.2) is 54.6 Å². The highest BCUT2D eigenvalue weighted by Gasteiger charge is 2.15. The molecule has 0 bridgehead atoms. The summed E-state index contributed by atoms with van der Waals surface area (Å²) in [6.45, 7) is 0.448. The van der Waals surface area contributed by atoms with Crippen LogP contribution in [-0.4, -0.2) is 18.0 Å². The van der Waals surface area contributed by atoms with E-state index in [4.69, 9.17) is 16.3 Å². The van der Waals surface area contributed by atoms with Crippen molar-refractivity contribution in [3.8, 4) is 5.75 Å². The SMILES string of the molecule is COc1ccc(CNC(=O)c2cc3c(Cl)nc4ccccc4c3s2)cc1. The third-order valence-corrected chi connectivity index (χ3v) is 5.61. The van der Waals surface area contributed by atoms with Crippen molar-refractivity contribution in [3.05, 3.63) is 70.2 Å². The van der Waals surface area contributed by atoms with E-state index in [-0.39, 0.29) is 5.91 Å². The van der Waals surface area contributed by atoms with Crippen LogP contribution < -0.4 is 10.1 Å². The van der Waals surface area contributed by atoms with Gasteiger partial charge in [0, 0.05) is 22.0 Å². The Hall–Kier alpha value is -2.63. The van der Waals surface area contributed by atoms with E-state index in [1.54, 1.807) is 7.11 Å². The maximum absolute atomic E-state index is 12.6. The van der Waals surface area contributed by atoms with Gasteiger partial charge in [-0.15, -0.1) is 11.3 Å². The number of hydrogen-bond donors (Lipinski definition) is 1. The lowest BCUT2D eigenvalue weighted by atomic mass is 10.2. The van der Waals surface area contributed by atoms with Gasteiger partial charge in [-0.1, -0.05) is 41.9 Å². The molecule has 4 aromatic rings. The fourth-order valence-electron chi connectivity index (χ4n) is 2.80. The second-order valence-electron chi connectivity index (χ2n) is 5.80. The Morgan fingerprint density at radius 1 is 1.15 bits per heavy atom. The minimum atomic E-state index is -0.123. The zero-order valence-corrected chi connectivity index (χ0v) is 15.5. The van der Waals surface area contributed by atoms with E-state index in [0.29, 0.717) is 16.6 Å². The average Bonchev–Trinajstić information content (AvgIpc) is 3.13. The molecule has 0 saturated carbocycles. The smallest absolute Gasteiger partial charge is 0.261 e. The number of aromatic nitrogens is 1. The lowest BCUT2D eigenvalue weighted by Gasteiger charge is -2.05. The number of nitrogens with zero attached hydrogens (tertiary/aromatic N) is 1. The van der Waals surface area contributed by atoms with Crippen molar-refractivity contribution in [1.82, 2.24) is 10.3 Å². The number of ether oxygens (including phenoxy) is 1. The maximum atomic E-state index is 12.6. The normalized spacial score (nSPS) is 11.0. The molecule has 0 unspecified atom stereocenters. The highest BCUT2D eigenvalue weighted by molar-refractivity contribution is 7.21. The molecule has 4 nitrogen and oxygen atoms in total. The number of rotatable bonds is 4. The molecule has 0 atom stereocenters. The van der Waals surface area contributed by atoms with Gasteiger partial charge in [-0.2, -0.15) is 0 Å². The Bertz CT molecular complexity index is 1110. The number of nitrogens with one attached hydrogen (secondary N) is 1. The molecule has 4 rings (SSSR count). The van der Waals surface area contributed by atoms with Crippen LogP contribution in [0.25, 0.3) is 21.0 Å². The van der Waals surface area contributed by atoms with Crippen LogP contribution in [0, 0.1) is 0 Å². The molecule has 0 aliphatic heterocycles. The minimum absolute atomic E-state index is 0.123. The van der Waals surface area contributed by atoms with Crippen molar-refractivity contribution in [1.29, 1.82) is 0 Å². The summed E-state index contributed by atoms with van der Waals surface area (Å²) in [6.07, 6.45) is 0. The largest absolute Gasteiger partial charge is 0.497 e. The number of pyridine rings is 1. The standard InChI is InChI=1S/C20H15ClN2O2S/c1-25-13-8-6-12(7-9-13)11-22-20(24)17-10-15-18(26-17)14-4-2-3-5-16(14)23-19(15)21/h2-10H,11H2,1H3,(H,22,24). The van der Waals surface area contributed by atoms with Crippen molar-refractivity contribution in [2.75, 3.05) is 7.11 Å². The van der Waals surface area contributed by atoms with E-state index >= 15 is 0 Å². The molecule has 6 heteroatoms. The zero-order valence-electron chi connectivity index (χ0n) is 14.0. The van der Waals surface area contributed by atoms with Gasteiger partial charge >= 0.3 is 0 Å². The number of halogens is 1. The second-order valence-corrected chi connectivity index (χ2v) is 7.21. The summed E-state index contributed by atoms with van der Waals surface area (Å²) < 4.78 is 6.12. The Morgan fingerprint density at radius 3 is 2.69 bits per heavy atom. The van der Waals surface area contributed by atoms with E-state index in [9.17, 15) is 4.79 Å². The lowest BCUT2D eigenvalue weighted by molar-refractivity contribution is 0.0955. The molecule has 1 amide bonds. The van der Waals surface area contributed by atoms with Crippen LogP contribution in [0.3, 0.4) is 0 Å². The summed E-state index contributed by atoms with van der Waals surface area (Å²) in [5.74, 6) is 0.667. The van der Waals surface area contributed by atoms with Gasteiger partial charge < -0.3 is 10.1 Å².